The molecule has 0 bridgehead atoms. The summed E-state index contributed by atoms with van der Waals surface area (Å²) in [6.45, 7) is 13.8. The second-order valence-corrected chi connectivity index (χ2v) is 8.12. The number of rotatable bonds is 3. The number of amides is 1. The Morgan fingerprint density at radius 3 is 2.60 bits per heavy atom. The summed E-state index contributed by atoms with van der Waals surface area (Å²) in [6.07, 6.45) is 0.930. The topological polar surface area (TPSA) is 47.9 Å². The van der Waals surface area contributed by atoms with Crippen LogP contribution < -0.4 is 10.2 Å². The van der Waals surface area contributed by atoms with E-state index in [1.165, 1.54) is 5.56 Å². The molecule has 2 aliphatic heterocycles. The second kappa shape index (κ2) is 6.36. The van der Waals surface area contributed by atoms with Crippen molar-refractivity contribution in [1.29, 1.82) is 0 Å². The van der Waals surface area contributed by atoms with Crippen molar-refractivity contribution in [3.63, 3.8) is 0 Å². The summed E-state index contributed by atoms with van der Waals surface area (Å²) in [7, 11) is 0. The van der Waals surface area contributed by atoms with Gasteiger partial charge in [0.2, 0.25) is 5.91 Å². The Hall–Kier alpha value is -2.04. The van der Waals surface area contributed by atoms with Crippen molar-refractivity contribution in [2.45, 2.75) is 46.6 Å². The molecule has 0 aliphatic carbocycles. The molecule has 2 heterocycles. The van der Waals surface area contributed by atoms with Crippen LogP contribution in [0.15, 0.2) is 29.3 Å². The first-order valence-corrected chi connectivity index (χ1v) is 9.22. The molecule has 136 valence electrons. The van der Waals surface area contributed by atoms with E-state index in [1.54, 1.807) is 0 Å². The molecule has 0 aromatic heterocycles. The summed E-state index contributed by atoms with van der Waals surface area (Å²) in [5.41, 5.74) is 2.55. The minimum atomic E-state index is 0.0251. The van der Waals surface area contributed by atoms with Crippen molar-refractivity contribution < 1.29 is 4.79 Å². The molecule has 5 heteroatoms. The number of para-hydroxylation sites is 1. The van der Waals surface area contributed by atoms with Crippen LogP contribution in [0, 0.1) is 5.41 Å². The lowest BCUT2D eigenvalue weighted by molar-refractivity contribution is -0.117. The van der Waals surface area contributed by atoms with Gasteiger partial charge in [-0.3, -0.25) is 4.79 Å². The Bertz CT molecular complexity index is 693. The quantitative estimate of drug-likeness (QED) is 0.679. The van der Waals surface area contributed by atoms with Crippen LogP contribution in [0.25, 0.3) is 0 Å². The van der Waals surface area contributed by atoms with Crippen LogP contribution in [0.4, 0.5) is 5.69 Å². The zero-order valence-electron chi connectivity index (χ0n) is 16.1. The fourth-order valence-electron chi connectivity index (χ4n) is 3.62. The van der Waals surface area contributed by atoms with Gasteiger partial charge in [0.15, 0.2) is 5.96 Å². The van der Waals surface area contributed by atoms with E-state index in [2.05, 4.69) is 55.9 Å². The van der Waals surface area contributed by atoms with Crippen molar-refractivity contribution in [3.8, 4) is 0 Å². The van der Waals surface area contributed by atoms with Gasteiger partial charge in [-0.25, -0.2) is 4.99 Å². The molecule has 1 aromatic carbocycles. The molecule has 25 heavy (non-hydrogen) atoms. The maximum atomic E-state index is 12.7. The standard InChI is InChI=1S/C20H30N4O/c1-6-21-18(24-14-19(2,3)20(24,4)5)22-13-17(25)23-12-11-15-9-7-8-10-16(15)23/h7-10H,6,11-14H2,1-5H3,(H,21,22). The molecular weight excluding hydrogens is 312 g/mol. The number of hydrogen-bond donors (Lipinski definition) is 1. The minimum absolute atomic E-state index is 0.0251. The molecule has 3 rings (SSSR count). The first kappa shape index (κ1) is 17.8. The number of nitrogens with zero attached hydrogens (tertiary/aromatic N) is 3. The van der Waals surface area contributed by atoms with Gasteiger partial charge in [0.1, 0.15) is 6.54 Å². The van der Waals surface area contributed by atoms with E-state index in [0.29, 0.717) is 0 Å². The molecule has 0 atom stereocenters. The number of carbonyl (C=O) groups excluding carboxylic acids is 1. The largest absolute Gasteiger partial charge is 0.356 e. The molecule has 1 fully saturated rings. The van der Waals surface area contributed by atoms with Crippen molar-refractivity contribution in [2.75, 3.05) is 31.1 Å². The van der Waals surface area contributed by atoms with Crippen LogP contribution in [0.3, 0.4) is 0 Å². The molecule has 5 nitrogen and oxygen atoms in total. The highest BCUT2D eigenvalue weighted by atomic mass is 16.2. The number of hydrogen-bond acceptors (Lipinski definition) is 2. The lowest BCUT2D eigenvalue weighted by Crippen LogP contribution is -2.72. The Morgan fingerprint density at radius 2 is 1.96 bits per heavy atom. The smallest absolute Gasteiger partial charge is 0.248 e. The van der Waals surface area contributed by atoms with Gasteiger partial charge in [-0.2, -0.15) is 0 Å². The summed E-state index contributed by atoms with van der Waals surface area (Å²) < 4.78 is 0. The van der Waals surface area contributed by atoms with Crippen molar-refractivity contribution in [3.05, 3.63) is 29.8 Å². The number of fused-ring (bicyclic) bond motifs is 1. The Labute approximate surface area is 151 Å². The first-order chi connectivity index (χ1) is 11.8. The highest BCUT2D eigenvalue weighted by Crippen LogP contribution is 2.46. The van der Waals surface area contributed by atoms with E-state index in [4.69, 9.17) is 0 Å². The average Bonchev–Trinajstić information content (AvgIpc) is 3.00. The monoisotopic (exact) mass is 342 g/mol. The number of anilines is 1. The van der Waals surface area contributed by atoms with Gasteiger partial charge in [-0.1, -0.05) is 32.0 Å². The molecule has 2 aliphatic rings. The van der Waals surface area contributed by atoms with Gasteiger partial charge >= 0.3 is 0 Å². The van der Waals surface area contributed by atoms with E-state index in [-0.39, 0.29) is 23.4 Å². The van der Waals surface area contributed by atoms with Crippen LogP contribution in [0.5, 0.6) is 0 Å². The summed E-state index contributed by atoms with van der Waals surface area (Å²) in [6, 6.07) is 8.14. The summed E-state index contributed by atoms with van der Waals surface area (Å²) in [5.74, 6) is 0.908. The highest BCUT2D eigenvalue weighted by Gasteiger charge is 2.53. The van der Waals surface area contributed by atoms with Gasteiger partial charge in [-0.05, 0) is 38.8 Å². The van der Waals surface area contributed by atoms with Gasteiger partial charge in [0, 0.05) is 36.3 Å². The Morgan fingerprint density at radius 1 is 1.24 bits per heavy atom. The minimum Gasteiger partial charge on any atom is -0.356 e. The number of aliphatic imine (C=N–C) groups is 1. The van der Waals surface area contributed by atoms with E-state index in [0.717, 1.165) is 37.7 Å². The van der Waals surface area contributed by atoms with Crippen molar-refractivity contribution >= 4 is 17.6 Å². The van der Waals surface area contributed by atoms with Crippen LogP contribution in [-0.2, 0) is 11.2 Å². The predicted molar refractivity (Wildman–Crippen MR) is 103 cm³/mol. The maximum absolute atomic E-state index is 12.7. The molecule has 0 radical (unpaired) electrons. The molecule has 1 amide bonds. The molecule has 0 spiro atoms. The first-order valence-electron chi connectivity index (χ1n) is 9.22. The van der Waals surface area contributed by atoms with Crippen molar-refractivity contribution in [2.24, 2.45) is 10.4 Å². The molecule has 0 unspecified atom stereocenters. The van der Waals surface area contributed by atoms with Gasteiger partial charge in [-0.15, -0.1) is 0 Å². The second-order valence-electron chi connectivity index (χ2n) is 8.12. The molecule has 1 N–H and O–H groups in total. The summed E-state index contributed by atoms with van der Waals surface area (Å²) in [5, 5.41) is 3.35. The third-order valence-corrected chi connectivity index (χ3v) is 6.03. The third kappa shape index (κ3) is 3.00. The number of benzene rings is 1. The summed E-state index contributed by atoms with van der Waals surface area (Å²) in [4.78, 5) is 21.5. The van der Waals surface area contributed by atoms with E-state index in [1.807, 2.05) is 23.1 Å². The van der Waals surface area contributed by atoms with Crippen LogP contribution >= 0.6 is 0 Å². The van der Waals surface area contributed by atoms with Crippen LogP contribution in [0.1, 0.15) is 40.2 Å². The van der Waals surface area contributed by atoms with Gasteiger partial charge in [0.25, 0.3) is 0 Å². The maximum Gasteiger partial charge on any atom is 0.248 e. The normalized spacial score (nSPS) is 20.9. The number of nitrogens with one attached hydrogen (secondary N) is 1. The lowest BCUT2D eigenvalue weighted by atomic mass is 9.65. The molecule has 1 aromatic rings. The molecule has 1 saturated heterocycles. The zero-order chi connectivity index (χ0) is 18.2. The fourth-order valence-corrected chi connectivity index (χ4v) is 3.62. The third-order valence-electron chi connectivity index (χ3n) is 6.03. The fraction of sp³-hybridized carbons (Fsp3) is 0.600. The van der Waals surface area contributed by atoms with Crippen LogP contribution in [0.2, 0.25) is 0 Å². The van der Waals surface area contributed by atoms with E-state index >= 15 is 0 Å². The number of carbonyl (C=O) groups is 1. The SMILES string of the molecule is CCNC(=NCC(=O)N1CCc2ccccc21)N1CC(C)(C)C1(C)C. The van der Waals surface area contributed by atoms with Crippen molar-refractivity contribution in [1.82, 2.24) is 10.2 Å². The van der Waals surface area contributed by atoms with Gasteiger partial charge in [0.05, 0.1) is 0 Å². The lowest BCUT2D eigenvalue weighted by Gasteiger charge is -2.62. The van der Waals surface area contributed by atoms with Crippen LogP contribution in [-0.4, -0.2) is 48.5 Å². The average molecular weight is 342 g/mol. The predicted octanol–water partition coefficient (Wildman–Crippen LogP) is 2.66. The van der Waals surface area contributed by atoms with Gasteiger partial charge < -0.3 is 15.1 Å². The Balaban J connectivity index is 1.72. The molecule has 0 saturated carbocycles. The van der Waals surface area contributed by atoms with E-state index < -0.39 is 0 Å². The number of guanidine groups is 1. The molecular formula is C20H30N4O. The highest BCUT2D eigenvalue weighted by molar-refractivity contribution is 5.98. The Kier molecular flexibility index (Phi) is 4.52. The number of likely N-dealkylation sites (tertiary alicyclic amines) is 1. The zero-order valence-corrected chi connectivity index (χ0v) is 16.1. The van der Waals surface area contributed by atoms with E-state index in [9.17, 15) is 4.79 Å². The summed E-state index contributed by atoms with van der Waals surface area (Å²) >= 11 is 0.